The summed E-state index contributed by atoms with van der Waals surface area (Å²) in [6, 6.07) is 4.38. The van der Waals surface area contributed by atoms with Crippen LogP contribution in [0.25, 0.3) is 0 Å². The first-order valence-electron chi connectivity index (χ1n) is 15.7. The van der Waals surface area contributed by atoms with E-state index in [4.69, 9.17) is 4.74 Å². The normalized spacial score (nSPS) is 22.6. The van der Waals surface area contributed by atoms with Crippen molar-refractivity contribution in [1.82, 2.24) is 4.90 Å². The van der Waals surface area contributed by atoms with E-state index < -0.39 is 32.4 Å². The maximum absolute atomic E-state index is 14.2. The van der Waals surface area contributed by atoms with E-state index in [1.54, 1.807) is 11.0 Å². The predicted octanol–water partition coefficient (Wildman–Crippen LogP) is 6.49. The Morgan fingerprint density at radius 3 is 2.45 bits per heavy atom. The lowest BCUT2D eigenvalue weighted by Gasteiger charge is -2.53. The molecule has 9 heteroatoms. The van der Waals surface area contributed by atoms with Gasteiger partial charge in [0.15, 0.2) is 11.6 Å². The maximum Gasteiger partial charge on any atom is 0.222 e. The lowest BCUT2D eigenvalue weighted by Crippen LogP contribution is -2.53. The number of amides is 1. The minimum Gasteiger partial charge on any atom is -0.505 e. The number of halogens is 1. The Kier molecular flexibility index (Phi) is 12.5. The summed E-state index contributed by atoms with van der Waals surface area (Å²) in [5, 5.41) is 20.6. The van der Waals surface area contributed by atoms with Crippen molar-refractivity contribution in [3.8, 4) is 5.75 Å². The van der Waals surface area contributed by atoms with Crippen molar-refractivity contribution in [2.24, 2.45) is 11.3 Å². The Morgan fingerprint density at radius 1 is 1.12 bits per heavy atom. The van der Waals surface area contributed by atoms with E-state index in [0.29, 0.717) is 37.9 Å². The number of allylic oxidation sites excluding steroid dienone is 1. The second kappa shape index (κ2) is 15.2. The van der Waals surface area contributed by atoms with Crippen molar-refractivity contribution < 1.29 is 32.6 Å². The first-order valence-corrected chi connectivity index (χ1v) is 17.6. The number of ether oxygens (including phenoxy) is 1. The first-order chi connectivity index (χ1) is 19.8. The Balaban J connectivity index is 1.45. The van der Waals surface area contributed by atoms with Gasteiger partial charge in [-0.3, -0.25) is 4.79 Å². The number of carbonyl (C=O) groups excluding carboxylic acids is 1. The Bertz CT molecular complexity index is 1180. The summed E-state index contributed by atoms with van der Waals surface area (Å²) < 4.78 is 45.6. The van der Waals surface area contributed by atoms with Crippen molar-refractivity contribution in [2.45, 2.75) is 110 Å². The van der Waals surface area contributed by atoms with Crippen LogP contribution in [-0.4, -0.2) is 66.7 Å². The molecule has 1 fully saturated rings. The van der Waals surface area contributed by atoms with Crippen molar-refractivity contribution >= 4 is 15.7 Å². The van der Waals surface area contributed by atoms with Gasteiger partial charge in [-0.25, -0.2) is 12.8 Å². The van der Waals surface area contributed by atoms with Crippen LogP contribution < -0.4 is 0 Å². The highest BCUT2D eigenvalue weighted by Gasteiger charge is 2.52. The van der Waals surface area contributed by atoms with Crippen LogP contribution in [0, 0.1) is 17.2 Å². The highest BCUT2D eigenvalue weighted by atomic mass is 32.2. The molecule has 3 rings (SSSR count). The predicted molar refractivity (Wildman–Crippen MR) is 164 cm³/mol. The number of phenols is 1. The number of hydrogen-bond donors (Lipinski definition) is 2. The summed E-state index contributed by atoms with van der Waals surface area (Å²) >= 11 is 0. The summed E-state index contributed by atoms with van der Waals surface area (Å²) in [7, 11) is -1.29. The molecular weight excluding hydrogens is 557 g/mol. The van der Waals surface area contributed by atoms with E-state index in [1.807, 2.05) is 20.9 Å². The fourth-order valence-corrected chi connectivity index (χ4v) is 7.80. The van der Waals surface area contributed by atoms with Gasteiger partial charge in [-0.05, 0) is 82.9 Å². The first kappa shape index (κ1) is 34.5. The third kappa shape index (κ3) is 9.26. The topological polar surface area (TPSA) is 104 Å². The minimum atomic E-state index is -3.12. The number of fused-ring (bicyclic) bond motifs is 2. The average molecular weight is 610 g/mol. The largest absolute Gasteiger partial charge is 0.505 e. The van der Waals surface area contributed by atoms with E-state index in [9.17, 15) is 27.8 Å². The van der Waals surface area contributed by atoms with Gasteiger partial charge in [0.05, 0.1) is 29.8 Å². The SMILES string of the molecule is CCCCN(C)C(=O)CCCCCS(=O)(=O)CCCCCC1=CCC2(C(C)(C)O)COC(c3ccc(O)c(F)c3)C1C2. The summed E-state index contributed by atoms with van der Waals surface area (Å²) in [6.45, 7) is 6.88. The number of phenolic OH excluding ortho intramolecular Hbond substituents is 1. The maximum atomic E-state index is 14.2. The lowest BCUT2D eigenvalue weighted by atomic mass is 9.59. The molecule has 0 spiro atoms. The van der Waals surface area contributed by atoms with Gasteiger partial charge >= 0.3 is 0 Å². The molecule has 1 aliphatic heterocycles. The summed E-state index contributed by atoms with van der Waals surface area (Å²) in [4.78, 5) is 13.9. The number of nitrogens with zero attached hydrogens (tertiary/aromatic N) is 1. The molecule has 3 atom stereocenters. The van der Waals surface area contributed by atoms with Crippen LogP contribution in [0.1, 0.15) is 109 Å². The molecule has 1 saturated heterocycles. The molecular formula is C33H52FNO6S. The molecule has 1 aromatic carbocycles. The summed E-state index contributed by atoms with van der Waals surface area (Å²) in [5.74, 6) is -0.621. The van der Waals surface area contributed by atoms with Crippen LogP contribution in [-0.2, 0) is 19.4 Å². The Morgan fingerprint density at radius 2 is 1.81 bits per heavy atom. The zero-order chi connectivity index (χ0) is 31.0. The number of benzene rings is 1. The number of aromatic hydroxyl groups is 1. The van der Waals surface area contributed by atoms with Gasteiger partial charge < -0.3 is 19.8 Å². The second-order valence-corrected chi connectivity index (χ2v) is 15.3. The average Bonchev–Trinajstić information content (AvgIpc) is 2.93. The van der Waals surface area contributed by atoms with E-state index in [2.05, 4.69) is 13.0 Å². The summed E-state index contributed by atoms with van der Waals surface area (Å²) in [6.07, 6.45) is 10.9. The molecule has 7 nitrogen and oxygen atoms in total. The van der Waals surface area contributed by atoms with Crippen molar-refractivity contribution in [1.29, 1.82) is 0 Å². The highest BCUT2D eigenvalue weighted by Crippen LogP contribution is 2.55. The van der Waals surface area contributed by atoms with E-state index in [0.717, 1.165) is 57.9 Å². The molecule has 0 radical (unpaired) electrons. The Labute approximate surface area is 252 Å². The molecule has 2 aliphatic rings. The molecule has 238 valence electrons. The van der Waals surface area contributed by atoms with Crippen molar-refractivity contribution in [2.75, 3.05) is 31.7 Å². The van der Waals surface area contributed by atoms with Gasteiger partial charge in [-0.15, -0.1) is 0 Å². The van der Waals surface area contributed by atoms with E-state index in [1.165, 1.54) is 17.7 Å². The van der Waals surface area contributed by atoms with Crippen LogP contribution in [0.4, 0.5) is 4.39 Å². The number of unbranched alkanes of at least 4 members (excludes halogenated alkanes) is 5. The van der Waals surface area contributed by atoms with Crippen LogP contribution in [0.2, 0.25) is 0 Å². The molecule has 42 heavy (non-hydrogen) atoms. The lowest BCUT2D eigenvalue weighted by molar-refractivity contribution is -0.174. The smallest absolute Gasteiger partial charge is 0.222 e. The monoisotopic (exact) mass is 609 g/mol. The second-order valence-electron chi connectivity index (χ2n) is 13.0. The number of sulfone groups is 1. The fraction of sp³-hybridized carbons (Fsp3) is 0.727. The molecule has 1 aromatic rings. The molecule has 1 amide bonds. The fourth-order valence-electron chi connectivity index (χ4n) is 6.31. The zero-order valence-electron chi connectivity index (χ0n) is 26.0. The molecule has 2 bridgehead atoms. The summed E-state index contributed by atoms with van der Waals surface area (Å²) in [5.41, 5.74) is 0.532. The van der Waals surface area contributed by atoms with Gasteiger partial charge in [0.2, 0.25) is 5.91 Å². The van der Waals surface area contributed by atoms with Crippen molar-refractivity contribution in [3.05, 3.63) is 41.2 Å². The number of rotatable bonds is 17. The van der Waals surface area contributed by atoms with Crippen LogP contribution in [0.5, 0.6) is 5.75 Å². The third-order valence-corrected chi connectivity index (χ3v) is 11.2. The Hall–Kier alpha value is -1.97. The molecule has 1 heterocycles. The van der Waals surface area contributed by atoms with Gasteiger partial charge in [0.25, 0.3) is 0 Å². The van der Waals surface area contributed by atoms with Crippen LogP contribution in [0.15, 0.2) is 29.8 Å². The van der Waals surface area contributed by atoms with Crippen LogP contribution >= 0.6 is 0 Å². The van der Waals surface area contributed by atoms with E-state index >= 15 is 0 Å². The van der Waals surface area contributed by atoms with Gasteiger partial charge in [-0.2, -0.15) is 0 Å². The van der Waals surface area contributed by atoms with Crippen LogP contribution in [0.3, 0.4) is 0 Å². The van der Waals surface area contributed by atoms with E-state index in [-0.39, 0.29) is 29.4 Å². The molecule has 2 N–H and O–H groups in total. The standard InChI is InChI=1S/C33H52FNO6S/c1-5-6-19-35(4)30(37)14-10-8-12-21-42(39,40)20-11-7-9-13-25-17-18-33(32(2,3)38)23-27(25)31(41-24-33)26-15-16-29(36)28(34)22-26/h15-17,22,27,31,36,38H,5-14,18-21,23-24H2,1-4H3. The minimum absolute atomic E-state index is 0.0232. The third-order valence-electron chi connectivity index (χ3n) is 9.38. The van der Waals surface area contributed by atoms with Gasteiger partial charge in [-0.1, -0.05) is 43.9 Å². The zero-order valence-corrected chi connectivity index (χ0v) is 26.9. The van der Waals surface area contributed by atoms with Gasteiger partial charge in [0, 0.05) is 31.3 Å². The van der Waals surface area contributed by atoms with Gasteiger partial charge in [0.1, 0.15) is 9.84 Å². The molecule has 0 saturated carbocycles. The molecule has 1 aliphatic carbocycles. The highest BCUT2D eigenvalue weighted by molar-refractivity contribution is 7.91. The molecule has 3 unspecified atom stereocenters. The number of aliphatic hydroxyl groups is 1. The number of hydrogen-bond acceptors (Lipinski definition) is 6. The molecule has 0 aromatic heterocycles. The number of carbonyl (C=O) groups is 1. The van der Waals surface area contributed by atoms with Crippen molar-refractivity contribution in [3.63, 3.8) is 0 Å². The quantitative estimate of drug-likeness (QED) is 0.155.